The van der Waals surface area contributed by atoms with Crippen LogP contribution in [-0.2, 0) is 4.74 Å². The van der Waals surface area contributed by atoms with Gasteiger partial charge in [-0.15, -0.1) is 0 Å². The minimum atomic E-state index is -0.421. The largest absolute Gasteiger partial charge is 0.444 e. The third kappa shape index (κ3) is 2.03. The summed E-state index contributed by atoms with van der Waals surface area (Å²) in [5.41, 5.74) is 5.74. The minimum Gasteiger partial charge on any atom is -0.444 e. The third-order valence-corrected chi connectivity index (χ3v) is 3.61. The molecule has 0 aromatic carbocycles. The Morgan fingerprint density at radius 2 is 2.12 bits per heavy atom. The summed E-state index contributed by atoms with van der Waals surface area (Å²) in [4.78, 5) is 13.8. The number of hydrogen-bond donors (Lipinski definition) is 1. The van der Waals surface area contributed by atoms with E-state index in [9.17, 15) is 4.79 Å². The zero-order chi connectivity index (χ0) is 12.0. The number of nitrogens with zero attached hydrogens (tertiary/aromatic N) is 1. The standard InChI is InChI=1S/C12H22N2O2/c1-11(2,3)16-10(15)14-8-7-12(13)6-4-5-9(12)14/h9H,4-8,13H2,1-3H3/t9-,12-/m0/s1. The van der Waals surface area contributed by atoms with E-state index in [0.717, 1.165) is 32.2 Å². The molecule has 4 nitrogen and oxygen atoms in total. The number of fused-ring (bicyclic) bond motifs is 1. The van der Waals surface area contributed by atoms with Crippen molar-refractivity contribution in [2.45, 2.75) is 63.6 Å². The van der Waals surface area contributed by atoms with Gasteiger partial charge in [0.15, 0.2) is 0 Å². The van der Waals surface area contributed by atoms with E-state index in [0.29, 0.717) is 0 Å². The number of carbonyl (C=O) groups is 1. The summed E-state index contributed by atoms with van der Waals surface area (Å²) in [6.07, 6.45) is 3.90. The van der Waals surface area contributed by atoms with Crippen molar-refractivity contribution in [3.05, 3.63) is 0 Å². The van der Waals surface area contributed by atoms with Gasteiger partial charge in [0.2, 0.25) is 0 Å². The molecule has 2 fully saturated rings. The van der Waals surface area contributed by atoms with Crippen molar-refractivity contribution in [1.29, 1.82) is 0 Å². The minimum absolute atomic E-state index is 0.142. The van der Waals surface area contributed by atoms with Crippen LogP contribution in [0.4, 0.5) is 4.79 Å². The van der Waals surface area contributed by atoms with E-state index < -0.39 is 5.60 Å². The van der Waals surface area contributed by atoms with Crippen LogP contribution >= 0.6 is 0 Å². The number of rotatable bonds is 0. The second kappa shape index (κ2) is 3.62. The summed E-state index contributed by atoms with van der Waals surface area (Å²) in [7, 11) is 0. The average molecular weight is 226 g/mol. The number of nitrogens with two attached hydrogens (primary N) is 1. The first-order valence-corrected chi connectivity index (χ1v) is 6.10. The van der Waals surface area contributed by atoms with Gasteiger partial charge in [-0.25, -0.2) is 4.79 Å². The second-order valence-electron chi connectivity index (χ2n) is 6.06. The molecule has 0 unspecified atom stereocenters. The van der Waals surface area contributed by atoms with Gasteiger partial charge in [0, 0.05) is 12.1 Å². The molecule has 0 bridgehead atoms. The van der Waals surface area contributed by atoms with Gasteiger partial charge < -0.3 is 15.4 Å². The predicted molar refractivity (Wildman–Crippen MR) is 62.1 cm³/mol. The molecule has 1 saturated carbocycles. The molecule has 2 N–H and O–H groups in total. The lowest BCUT2D eigenvalue weighted by Crippen LogP contribution is -2.49. The molecule has 2 rings (SSSR count). The van der Waals surface area contributed by atoms with E-state index in [4.69, 9.17) is 10.5 Å². The molecule has 92 valence electrons. The van der Waals surface area contributed by atoms with Crippen LogP contribution < -0.4 is 5.73 Å². The van der Waals surface area contributed by atoms with Crippen molar-refractivity contribution in [2.24, 2.45) is 5.73 Å². The van der Waals surface area contributed by atoms with Crippen molar-refractivity contribution in [1.82, 2.24) is 4.90 Å². The third-order valence-electron chi connectivity index (χ3n) is 3.61. The van der Waals surface area contributed by atoms with Crippen LogP contribution in [0.25, 0.3) is 0 Å². The Hall–Kier alpha value is -0.770. The Labute approximate surface area is 97.1 Å². The highest BCUT2D eigenvalue weighted by atomic mass is 16.6. The van der Waals surface area contributed by atoms with E-state index >= 15 is 0 Å². The zero-order valence-electron chi connectivity index (χ0n) is 10.5. The van der Waals surface area contributed by atoms with Crippen molar-refractivity contribution < 1.29 is 9.53 Å². The lowest BCUT2D eigenvalue weighted by Gasteiger charge is -2.30. The summed E-state index contributed by atoms with van der Waals surface area (Å²) in [6.45, 7) is 6.43. The Morgan fingerprint density at radius 1 is 1.44 bits per heavy atom. The maximum atomic E-state index is 12.0. The Kier molecular flexibility index (Phi) is 2.65. The number of ether oxygens (including phenoxy) is 1. The molecule has 1 aliphatic carbocycles. The van der Waals surface area contributed by atoms with E-state index in [1.165, 1.54) is 0 Å². The topological polar surface area (TPSA) is 55.6 Å². The molecule has 0 spiro atoms. The molecule has 0 aromatic heterocycles. The summed E-state index contributed by atoms with van der Waals surface area (Å²) >= 11 is 0. The average Bonchev–Trinajstić information content (AvgIpc) is 2.56. The van der Waals surface area contributed by atoms with Gasteiger partial charge in [-0.3, -0.25) is 0 Å². The molecule has 1 amide bonds. The van der Waals surface area contributed by atoms with Crippen LogP contribution in [-0.4, -0.2) is 34.7 Å². The smallest absolute Gasteiger partial charge is 0.410 e. The molecular weight excluding hydrogens is 204 g/mol. The fourth-order valence-electron chi connectivity index (χ4n) is 2.86. The number of likely N-dealkylation sites (tertiary alicyclic amines) is 1. The van der Waals surface area contributed by atoms with Gasteiger partial charge in [0.25, 0.3) is 0 Å². The molecule has 1 saturated heterocycles. The van der Waals surface area contributed by atoms with Gasteiger partial charge in [-0.05, 0) is 46.5 Å². The summed E-state index contributed by atoms with van der Waals surface area (Å²) in [5, 5.41) is 0. The molecule has 0 radical (unpaired) electrons. The zero-order valence-corrected chi connectivity index (χ0v) is 10.5. The fourth-order valence-corrected chi connectivity index (χ4v) is 2.86. The first kappa shape index (κ1) is 11.7. The van der Waals surface area contributed by atoms with E-state index in [1.54, 1.807) is 0 Å². The highest BCUT2D eigenvalue weighted by Crippen LogP contribution is 2.40. The summed E-state index contributed by atoms with van der Waals surface area (Å²) < 4.78 is 5.41. The monoisotopic (exact) mass is 226 g/mol. The lowest BCUT2D eigenvalue weighted by atomic mass is 9.95. The molecule has 2 atom stereocenters. The molecule has 0 aromatic rings. The number of amides is 1. The van der Waals surface area contributed by atoms with Crippen molar-refractivity contribution in [3.8, 4) is 0 Å². The van der Waals surface area contributed by atoms with E-state index in [2.05, 4.69) is 0 Å². The number of carbonyl (C=O) groups excluding carboxylic acids is 1. The number of hydrogen-bond acceptors (Lipinski definition) is 3. The lowest BCUT2D eigenvalue weighted by molar-refractivity contribution is 0.0211. The Morgan fingerprint density at radius 3 is 2.75 bits per heavy atom. The second-order valence-corrected chi connectivity index (χ2v) is 6.06. The predicted octanol–water partition coefficient (Wildman–Crippen LogP) is 1.88. The fraction of sp³-hybridized carbons (Fsp3) is 0.917. The van der Waals surface area contributed by atoms with Crippen LogP contribution in [0.1, 0.15) is 46.5 Å². The first-order chi connectivity index (χ1) is 7.32. The van der Waals surface area contributed by atoms with Crippen molar-refractivity contribution in [2.75, 3.05) is 6.54 Å². The molecular formula is C12H22N2O2. The molecule has 2 aliphatic rings. The molecule has 4 heteroatoms. The van der Waals surface area contributed by atoms with Crippen LogP contribution in [0.15, 0.2) is 0 Å². The van der Waals surface area contributed by atoms with Gasteiger partial charge in [-0.1, -0.05) is 0 Å². The van der Waals surface area contributed by atoms with Gasteiger partial charge in [0.1, 0.15) is 5.60 Å². The normalized spacial score (nSPS) is 34.0. The van der Waals surface area contributed by atoms with Gasteiger partial charge >= 0.3 is 6.09 Å². The Bertz CT molecular complexity index is 298. The Balaban J connectivity index is 2.04. The van der Waals surface area contributed by atoms with Crippen molar-refractivity contribution >= 4 is 6.09 Å². The quantitative estimate of drug-likeness (QED) is 0.686. The van der Waals surface area contributed by atoms with E-state index in [-0.39, 0.29) is 17.7 Å². The van der Waals surface area contributed by atoms with Crippen LogP contribution in [0.5, 0.6) is 0 Å². The molecule has 1 heterocycles. The highest BCUT2D eigenvalue weighted by molar-refractivity contribution is 5.69. The SMILES string of the molecule is CC(C)(C)OC(=O)N1CC[C@@]2(N)CCC[C@H]12. The molecule has 16 heavy (non-hydrogen) atoms. The van der Waals surface area contributed by atoms with Crippen LogP contribution in [0.2, 0.25) is 0 Å². The summed E-state index contributed by atoms with van der Waals surface area (Å²) in [5.74, 6) is 0. The van der Waals surface area contributed by atoms with Gasteiger partial charge in [0.05, 0.1) is 6.04 Å². The van der Waals surface area contributed by atoms with Crippen LogP contribution in [0, 0.1) is 0 Å². The highest BCUT2D eigenvalue weighted by Gasteiger charge is 2.50. The summed E-state index contributed by atoms with van der Waals surface area (Å²) in [6, 6.07) is 0.197. The molecule has 1 aliphatic heterocycles. The van der Waals surface area contributed by atoms with E-state index in [1.807, 2.05) is 25.7 Å². The van der Waals surface area contributed by atoms with Gasteiger partial charge in [-0.2, -0.15) is 0 Å². The maximum Gasteiger partial charge on any atom is 0.410 e. The first-order valence-electron chi connectivity index (χ1n) is 6.10. The van der Waals surface area contributed by atoms with Crippen LogP contribution in [0.3, 0.4) is 0 Å². The maximum absolute atomic E-state index is 12.0. The van der Waals surface area contributed by atoms with Crippen molar-refractivity contribution in [3.63, 3.8) is 0 Å².